The monoisotopic (exact) mass is 631 g/mol. The van der Waals surface area contributed by atoms with E-state index in [4.69, 9.17) is 4.43 Å². The Morgan fingerprint density at radius 2 is 1.43 bits per heavy atom. The summed E-state index contributed by atoms with van der Waals surface area (Å²) in [5.74, 6) is -0.483. The maximum Gasteiger partial charge on any atom is 0.258 e. The molecule has 236 valence electrons. The average Bonchev–Trinajstić information content (AvgIpc) is 3.39. The van der Waals surface area contributed by atoms with Gasteiger partial charge in [0.1, 0.15) is 0 Å². The summed E-state index contributed by atoms with van der Waals surface area (Å²) in [4.78, 5) is 44.9. The van der Waals surface area contributed by atoms with E-state index in [9.17, 15) is 14.4 Å². The van der Waals surface area contributed by atoms with Gasteiger partial charge < -0.3 is 19.5 Å². The molecule has 2 aliphatic rings. The van der Waals surface area contributed by atoms with E-state index in [1.54, 1.807) is 35.2 Å². The third-order valence-electron chi connectivity index (χ3n) is 9.61. The minimum Gasteiger partial charge on any atom is -0.412 e. The predicted molar refractivity (Wildman–Crippen MR) is 186 cm³/mol. The quantitative estimate of drug-likeness (QED) is 0.220. The third-order valence-corrected chi connectivity index (χ3v) is 14.1. The molecule has 0 radical (unpaired) electrons. The minimum absolute atomic E-state index is 0.0580. The van der Waals surface area contributed by atoms with E-state index < -0.39 is 8.32 Å². The molecule has 46 heavy (non-hydrogen) atoms. The van der Waals surface area contributed by atoms with Crippen molar-refractivity contribution in [2.45, 2.75) is 57.5 Å². The van der Waals surface area contributed by atoms with Crippen LogP contribution in [0.1, 0.15) is 58.3 Å². The van der Waals surface area contributed by atoms with Crippen molar-refractivity contribution in [3.8, 4) is 11.1 Å². The van der Waals surface area contributed by atoms with Gasteiger partial charge in [0.15, 0.2) is 8.32 Å². The lowest BCUT2D eigenvalue weighted by molar-refractivity contribution is 0.0727. The van der Waals surface area contributed by atoms with Gasteiger partial charge in [0.05, 0.1) is 23.4 Å². The van der Waals surface area contributed by atoms with Gasteiger partial charge in [-0.2, -0.15) is 0 Å². The van der Waals surface area contributed by atoms with E-state index in [-0.39, 0.29) is 34.9 Å². The first-order chi connectivity index (χ1) is 21.9. The largest absolute Gasteiger partial charge is 0.412 e. The zero-order valence-corrected chi connectivity index (χ0v) is 28.1. The van der Waals surface area contributed by atoms with Gasteiger partial charge in [-0.3, -0.25) is 14.4 Å². The van der Waals surface area contributed by atoms with Gasteiger partial charge in [-0.05, 0) is 78.1 Å². The molecule has 0 bridgehead atoms. The van der Waals surface area contributed by atoms with Crippen LogP contribution in [-0.4, -0.2) is 56.2 Å². The van der Waals surface area contributed by atoms with Gasteiger partial charge in [0.25, 0.3) is 17.7 Å². The van der Waals surface area contributed by atoms with Crippen LogP contribution in [0.2, 0.25) is 18.1 Å². The van der Waals surface area contributed by atoms with Gasteiger partial charge >= 0.3 is 0 Å². The Hall–Kier alpha value is -4.53. The van der Waals surface area contributed by atoms with E-state index in [0.29, 0.717) is 47.6 Å². The molecule has 7 nitrogen and oxygen atoms in total. The zero-order valence-electron chi connectivity index (χ0n) is 27.1. The molecule has 2 heterocycles. The Bertz CT molecular complexity index is 1760. The van der Waals surface area contributed by atoms with Crippen LogP contribution in [0.5, 0.6) is 0 Å². The number of benzene rings is 4. The second-order valence-corrected chi connectivity index (χ2v) is 18.5. The van der Waals surface area contributed by atoms with Crippen LogP contribution < -0.4 is 10.2 Å². The fraction of sp³-hybridized carbons (Fsp3) is 0.289. The normalized spacial score (nSPS) is 18.1. The summed E-state index contributed by atoms with van der Waals surface area (Å²) in [7, 11) is -2.04. The number of amides is 3. The van der Waals surface area contributed by atoms with E-state index >= 15 is 0 Å². The van der Waals surface area contributed by atoms with Crippen molar-refractivity contribution < 1.29 is 18.8 Å². The van der Waals surface area contributed by atoms with Crippen molar-refractivity contribution >= 4 is 37.4 Å². The second-order valence-electron chi connectivity index (χ2n) is 13.7. The van der Waals surface area contributed by atoms with Crippen molar-refractivity contribution in [1.82, 2.24) is 4.90 Å². The molecule has 1 saturated heterocycles. The summed E-state index contributed by atoms with van der Waals surface area (Å²) in [5.41, 5.74) is 4.57. The van der Waals surface area contributed by atoms with E-state index in [1.807, 2.05) is 77.7 Å². The van der Waals surface area contributed by atoms with Crippen LogP contribution in [0.4, 0.5) is 11.4 Å². The number of carbonyl (C=O) groups excluding carboxylic acids is 3. The number of nitrogens with zero attached hydrogens (tertiary/aromatic N) is 2. The highest BCUT2D eigenvalue weighted by atomic mass is 28.4. The molecule has 3 amide bonds. The maximum atomic E-state index is 14.1. The molecule has 0 unspecified atom stereocenters. The molecule has 1 fully saturated rings. The number of rotatable bonds is 6. The zero-order chi connectivity index (χ0) is 32.6. The molecule has 0 aliphatic carbocycles. The number of nitrogens with one attached hydrogen (secondary N) is 1. The summed E-state index contributed by atoms with van der Waals surface area (Å²) >= 11 is 0. The van der Waals surface area contributed by atoms with Crippen LogP contribution in [0.3, 0.4) is 0 Å². The highest BCUT2D eigenvalue weighted by Gasteiger charge is 2.46. The summed E-state index contributed by atoms with van der Waals surface area (Å²) in [6, 6.07) is 31.4. The van der Waals surface area contributed by atoms with Crippen LogP contribution in [0.25, 0.3) is 11.1 Å². The van der Waals surface area contributed by atoms with E-state index in [2.05, 4.69) is 39.2 Å². The molecule has 4 aromatic carbocycles. The first-order valence-electron chi connectivity index (χ1n) is 15.9. The minimum atomic E-state index is -2.04. The van der Waals surface area contributed by atoms with Crippen molar-refractivity contribution in [2.24, 2.45) is 0 Å². The second kappa shape index (κ2) is 12.3. The molecule has 0 spiro atoms. The molecule has 2 atom stereocenters. The average molecular weight is 632 g/mol. The number of para-hydroxylation sites is 1. The predicted octanol–water partition coefficient (Wildman–Crippen LogP) is 7.87. The van der Waals surface area contributed by atoms with Gasteiger partial charge in [-0.25, -0.2) is 0 Å². The van der Waals surface area contributed by atoms with E-state index in [0.717, 1.165) is 11.1 Å². The summed E-state index contributed by atoms with van der Waals surface area (Å²) < 4.78 is 6.73. The lowest BCUT2D eigenvalue weighted by Crippen LogP contribution is -2.44. The van der Waals surface area contributed by atoms with Gasteiger partial charge in [-0.1, -0.05) is 81.4 Å². The number of fused-ring (bicyclic) bond motifs is 2. The standard InChI is InChI=1S/C38H41N3O4Si/c1-38(2,3)46(4,5)45-30-23-29-24-41(34-18-12-11-17-33(34)37(44)40(29)25-30)36(43)27-19-21-28(22-20-27)39-35(42)32-16-10-9-15-31(32)26-13-7-6-8-14-26/h6-22,29-30H,23-25H2,1-5H3,(H,39,42)/t29-,30+/m0/s1. The smallest absolute Gasteiger partial charge is 0.258 e. The molecule has 1 N–H and O–H groups in total. The highest BCUT2D eigenvalue weighted by Crippen LogP contribution is 2.40. The van der Waals surface area contributed by atoms with Crippen LogP contribution in [-0.2, 0) is 4.43 Å². The van der Waals surface area contributed by atoms with Crippen molar-refractivity contribution in [1.29, 1.82) is 0 Å². The number of carbonyl (C=O) groups is 3. The topological polar surface area (TPSA) is 79.0 Å². The Labute approximate surface area is 272 Å². The Balaban J connectivity index is 1.21. The van der Waals surface area contributed by atoms with Crippen molar-refractivity contribution in [3.05, 3.63) is 120 Å². The molecular weight excluding hydrogens is 591 g/mol. The van der Waals surface area contributed by atoms with Crippen LogP contribution in [0.15, 0.2) is 103 Å². The van der Waals surface area contributed by atoms with Gasteiger partial charge in [0.2, 0.25) is 0 Å². The highest BCUT2D eigenvalue weighted by molar-refractivity contribution is 6.74. The van der Waals surface area contributed by atoms with Gasteiger partial charge in [-0.15, -0.1) is 0 Å². The molecule has 0 aromatic heterocycles. The Morgan fingerprint density at radius 1 is 0.804 bits per heavy atom. The van der Waals surface area contributed by atoms with Crippen LogP contribution in [0, 0.1) is 0 Å². The molecule has 6 rings (SSSR count). The summed E-state index contributed by atoms with van der Waals surface area (Å²) in [6.45, 7) is 12.0. The summed E-state index contributed by atoms with van der Waals surface area (Å²) in [5, 5.41) is 3.04. The van der Waals surface area contributed by atoms with Gasteiger partial charge in [0, 0.05) is 29.9 Å². The first kappa shape index (κ1) is 31.4. The Morgan fingerprint density at radius 3 is 2.13 bits per heavy atom. The number of anilines is 2. The lowest BCUT2D eigenvalue weighted by Gasteiger charge is -2.38. The fourth-order valence-corrected chi connectivity index (χ4v) is 7.48. The lowest BCUT2D eigenvalue weighted by atomic mass is 9.99. The van der Waals surface area contributed by atoms with Crippen LogP contribution >= 0.6 is 0 Å². The molecule has 2 aliphatic heterocycles. The number of hydrogen-bond acceptors (Lipinski definition) is 4. The van der Waals surface area contributed by atoms with Crippen molar-refractivity contribution in [3.63, 3.8) is 0 Å². The number of hydrogen-bond donors (Lipinski definition) is 1. The third kappa shape index (κ3) is 6.15. The Kier molecular flexibility index (Phi) is 8.44. The first-order valence-corrected chi connectivity index (χ1v) is 18.8. The summed E-state index contributed by atoms with van der Waals surface area (Å²) in [6.07, 6.45) is 0.623. The molecule has 4 aromatic rings. The maximum absolute atomic E-state index is 14.1. The fourth-order valence-electron chi connectivity index (χ4n) is 6.12. The SMILES string of the molecule is CC(C)(C)[Si](C)(C)O[C@@H]1C[C@H]2CN(C(=O)c3ccc(NC(=O)c4ccccc4-c4ccccc4)cc3)c3ccccc3C(=O)N2C1. The molecular formula is C38H41N3O4Si. The van der Waals surface area contributed by atoms with E-state index in [1.165, 1.54) is 0 Å². The molecule has 8 heteroatoms. The molecule has 0 saturated carbocycles. The van der Waals surface area contributed by atoms with Crippen molar-refractivity contribution in [2.75, 3.05) is 23.3 Å².